The molecule has 6 heteroatoms. The minimum atomic E-state index is -1.03. The molecular formula is C22H19Cl3O3. The molecule has 0 amide bonds. The largest absolute Gasteiger partial charge is 0.423 e. The van der Waals surface area contributed by atoms with Gasteiger partial charge in [-0.15, -0.1) is 0 Å². The van der Waals surface area contributed by atoms with Gasteiger partial charge in [-0.25, -0.2) is 0 Å². The van der Waals surface area contributed by atoms with E-state index in [1.165, 1.54) is 0 Å². The van der Waals surface area contributed by atoms with Crippen molar-refractivity contribution >= 4 is 34.8 Å². The van der Waals surface area contributed by atoms with E-state index in [2.05, 4.69) is 0 Å². The van der Waals surface area contributed by atoms with Crippen LogP contribution in [0, 0.1) is 20.8 Å². The van der Waals surface area contributed by atoms with Crippen LogP contribution in [0.1, 0.15) is 16.7 Å². The Morgan fingerprint density at radius 1 is 0.536 bits per heavy atom. The fraction of sp³-hybridized carbons (Fsp3) is 0.182. The normalized spacial score (nSPS) is 10.8. The molecule has 0 aliphatic carbocycles. The summed E-state index contributed by atoms with van der Waals surface area (Å²) in [6.45, 7) is 4.68. The van der Waals surface area contributed by atoms with Crippen LogP contribution in [0.4, 0.5) is 0 Å². The molecule has 3 aromatic rings. The summed E-state index contributed by atoms with van der Waals surface area (Å²) in [5.41, 5.74) is 2.60. The van der Waals surface area contributed by atoms with Gasteiger partial charge in [-0.05, 0) is 92.1 Å². The SMILES string of the molecule is Cc1cc(Cl)ccc1OC(Oc1ccc(Cl)cc1C)Oc1ccc(Cl)cc1C. The molecule has 3 rings (SSSR count). The van der Waals surface area contributed by atoms with Crippen LogP contribution >= 0.6 is 34.8 Å². The van der Waals surface area contributed by atoms with E-state index in [1.54, 1.807) is 36.4 Å². The van der Waals surface area contributed by atoms with Crippen LogP contribution in [0.25, 0.3) is 0 Å². The van der Waals surface area contributed by atoms with Crippen molar-refractivity contribution in [3.63, 3.8) is 0 Å². The second-order valence-corrected chi connectivity index (χ2v) is 7.68. The average molecular weight is 438 g/mol. The molecule has 0 unspecified atom stereocenters. The van der Waals surface area contributed by atoms with Gasteiger partial charge in [0.2, 0.25) is 0 Å². The summed E-state index contributed by atoms with van der Waals surface area (Å²) in [6, 6.07) is 16.0. The summed E-state index contributed by atoms with van der Waals surface area (Å²) in [7, 11) is 0. The molecule has 0 aliphatic heterocycles. The van der Waals surface area contributed by atoms with Crippen LogP contribution in [0.15, 0.2) is 54.6 Å². The van der Waals surface area contributed by atoms with Crippen molar-refractivity contribution < 1.29 is 14.2 Å². The van der Waals surface area contributed by atoms with Crippen molar-refractivity contribution in [3.8, 4) is 17.2 Å². The number of aryl methyl sites for hydroxylation is 3. The summed E-state index contributed by atoms with van der Waals surface area (Å²) in [5.74, 6) is 1.81. The quantitative estimate of drug-likeness (QED) is 0.376. The van der Waals surface area contributed by atoms with Crippen molar-refractivity contribution in [2.24, 2.45) is 0 Å². The number of ether oxygens (including phenoxy) is 3. The van der Waals surface area contributed by atoms with Gasteiger partial charge in [-0.3, -0.25) is 0 Å². The molecule has 0 fully saturated rings. The van der Waals surface area contributed by atoms with Gasteiger partial charge < -0.3 is 14.2 Å². The molecule has 0 saturated heterocycles. The van der Waals surface area contributed by atoms with Crippen LogP contribution < -0.4 is 14.2 Å². The third-order valence-electron chi connectivity index (χ3n) is 4.08. The standard InChI is InChI=1S/C22H19Cl3O3/c1-13-10-16(23)4-7-19(13)26-22(27-20-8-5-17(24)11-14(20)2)28-21-9-6-18(25)12-15(21)3/h4-12,22H,1-3H3. The van der Waals surface area contributed by atoms with Crippen molar-refractivity contribution in [2.75, 3.05) is 0 Å². The lowest BCUT2D eigenvalue weighted by Crippen LogP contribution is -2.31. The molecule has 0 N–H and O–H groups in total. The monoisotopic (exact) mass is 436 g/mol. The first-order chi connectivity index (χ1) is 13.3. The molecule has 3 nitrogen and oxygen atoms in total. The molecule has 28 heavy (non-hydrogen) atoms. The Kier molecular flexibility index (Phi) is 6.61. The smallest absolute Gasteiger partial charge is 0.406 e. The highest BCUT2D eigenvalue weighted by molar-refractivity contribution is 6.31. The molecule has 0 radical (unpaired) electrons. The predicted octanol–water partition coefficient (Wildman–Crippen LogP) is 7.39. The fourth-order valence-corrected chi connectivity index (χ4v) is 3.30. The minimum Gasteiger partial charge on any atom is -0.423 e. The Morgan fingerprint density at radius 3 is 1.07 bits per heavy atom. The second-order valence-electron chi connectivity index (χ2n) is 6.37. The van der Waals surface area contributed by atoms with E-state index >= 15 is 0 Å². The molecule has 0 saturated carbocycles. The summed E-state index contributed by atoms with van der Waals surface area (Å²) >= 11 is 18.1. The van der Waals surface area contributed by atoms with Gasteiger partial charge in [0.25, 0.3) is 0 Å². The molecule has 0 spiro atoms. The molecular weight excluding hydrogens is 419 g/mol. The number of rotatable bonds is 6. The van der Waals surface area contributed by atoms with E-state index in [4.69, 9.17) is 49.0 Å². The van der Waals surface area contributed by atoms with Crippen LogP contribution in [-0.4, -0.2) is 6.48 Å². The molecule has 0 atom stereocenters. The predicted molar refractivity (Wildman–Crippen MR) is 114 cm³/mol. The van der Waals surface area contributed by atoms with E-state index in [9.17, 15) is 0 Å². The molecule has 3 aromatic carbocycles. The Labute approximate surface area is 179 Å². The van der Waals surface area contributed by atoms with E-state index < -0.39 is 6.48 Å². The zero-order valence-electron chi connectivity index (χ0n) is 15.6. The molecule has 0 aliphatic rings. The van der Waals surface area contributed by atoms with Crippen molar-refractivity contribution in [1.29, 1.82) is 0 Å². The lowest BCUT2D eigenvalue weighted by Gasteiger charge is -2.23. The molecule has 146 valence electrons. The van der Waals surface area contributed by atoms with Gasteiger partial charge in [0, 0.05) is 15.1 Å². The third kappa shape index (κ3) is 5.26. The highest BCUT2D eigenvalue weighted by atomic mass is 35.5. The average Bonchev–Trinajstić information content (AvgIpc) is 2.62. The summed E-state index contributed by atoms with van der Waals surface area (Å²) in [5, 5.41) is 1.89. The Balaban J connectivity index is 1.90. The Bertz CT molecular complexity index is 862. The highest BCUT2D eigenvalue weighted by Gasteiger charge is 2.19. The molecule has 0 aromatic heterocycles. The van der Waals surface area contributed by atoms with Crippen molar-refractivity contribution in [3.05, 3.63) is 86.4 Å². The molecule has 0 heterocycles. The Hall–Kier alpha value is -2.07. The fourth-order valence-electron chi connectivity index (χ4n) is 2.62. The van der Waals surface area contributed by atoms with Crippen LogP contribution in [-0.2, 0) is 0 Å². The molecule has 0 bridgehead atoms. The maximum Gasteiger partial charge on any atom is 0.406 e. The summed E-state index contributed by atoms with van der Waals surface area (Å²) in [4.78, 5) is 0. The lowest BCUT2D eigenvalue weighted by molar-refractivity contribution is -0.141. The highest BCUT2D eigenvalue weighted by Crippen LogP contribution is 2.29. The van der Waals surface area contributed by atoms with E-state index in [0.29, 0.717) is 32.3 Å². The van der Waals surface area contributed by atoms with E-state index in [1.807, 2.05) is 39.0 Å². The van der Waals surface area contributed by atoms with Gasteiger partial charge in [0.1, 0.15) is 17.2 Å². The number of benzene rings is 3. The van der Waals surface area contributed by atoms with Crippen molar-refractivity contribution in [2.45, 2.75) is 27.2 Å². The summed E-state index contributed by atoms with van der Waals surface area (Å²) in [6.07, 6.45) is 0. The number of halogens is 3. The first-order valence-corrected chi connectivity index (χ1v) is 9.73. The van der Waals surface area contributed by atoms with Gasteiger partial charge in [0.05, 0.1) is 0 Å². The lowest BCUT2D eigenvalue weighted by atomic mass is 10.2. The van der Waals surface area contributed by atoms with Gasteiger partial charge in [-0.2, -0.15) is 0 Å². The minimum absolute atomic E-state index is 0.604. The maximum absolute atomic E-state index is 6.04. The van der Waals surface area contributed by atoms with Gasteiger partial charge >= 0.3 is 6.48 Å². The first kappa shape index (κ1) is 20.7. The van der Waals surface area contributed by atoms with Crippen molar-refractivity contribution in [1.82, 2.24) is 0 Å². The third-order valence-corrected chi connectivity index (χ3v) is 4.79. The zero-order chi connectivity index (χ0) is 20.3. The Morgan fingerprint density at radius 2 is 0.821 bits per heavy atom. The zero-order valence-corrected chi connectivity index (χ0v) is 17.9. The van der Waals surface area contributed by atoms with E-state index in [0.717, 1.165) is 16.7 Å². The second kappa shape index (κ2) is 8.95. The number of hydrogen-bond acceptors (Lipinski definition) is 3. The topological polar surface area (TPSA) is 27.7 Å². The maximum atomic E-state index is 6.04. The number of hydrogen-bond donors (Lipinski definition) is 0. The van der Waals surface area contributed by atoms with Gasteiger partial charge in [0.15, 0.2) is 0 Å². The van der Waals surface area contributed by atoms with Crippen LogP contribution in [0.2, 0.25) is 15.1 Å². The summed E-state index contributed by atoms with van der Waals surface area (Å²) < 4.78 is 18.0. The van der Waals surface area contributed by atoms with E-state index in [-0.39, 0.29) is 0 Å². The van der Waals surface area contributed by atoms with Crippen LogP contribution in [0.5, 0.6) is 17.2 Å². The van der Waals surface area contributed by atoms with Crippen LogP contribution in [0.3, 0.4) is 0 Å². The first-order valence-electron chi connectivity index (χ1n) is 8.60. The van der Waals surface area contributed by atoms with Gasteiger partial charge in [-0.1, -0.05) is 34.8 Å².